The van der Waals surface area contributed by atoms with Crippen molar-refractivity contribution in [1.82, 2.24) is 9.78 Å². The van der Waals surface area contributed by atoms with Crippen molar-refractivity contribution in [2.45, 2.75) is 19.4 Å². The minimum absolute atomic E-state index is 0.00350. The quantitative estimate of drug-likeness (QED) is 0.781. The van der Waals surface area contributed by atoms with E-state index in [9.17, 15) is 4.79 Å². The van der Waals surface area contributed by atoms with Crippen LogP contribution in [-0.2, 0) is 11.3 Å². The number of nitrogens with zero attached hydrogens (tertiary/aromatic N) is 3. The fourth-order valence-corrected chi connectivity index (χ4v) is 3.10. The molecule has 0 atom stereocenters. The molecule has 6 heteroatoms. The van der Waals surface area contributed by atoms with Gasteiger partial charge in [0.1, 0.15) is 0 Å². The number of alkyl halides is 1. The third kappa shape index (κ3) is 2.84. The molecular weight excluding hydrogens is 310 g/mol. The van der Waals surface area contributed by atoms with Crippen LogP contribution in [0.2, 0.25) is 0 Å². The first-order valence-electron chi connectivity index (χ1n) is 6.68. The van der Waals surface area contributed by atoms with E-state index in [1.165, 1.54) is 12.8 Å². The monoisotopic (exact) mass is 327 g/mol. The molecule has 1 aliphatic heterocycles. The maximum absolute atomic E-state index is 12.1. The molecule has 0 unspecified atom stereocenters. The zero-order valence-electron chi connectivity index (χ0n) is 10.8. The van der Waals surface area contributed by atoms with Crippen molar-refractivity contribution in [3.05, 3.63) is 22.6 Å². The van der Waals surface area contributed by atoms with E-state index < -0.39 is 0 Å². The van der Waals surface area contributed by atoms with E-state index in [0.717, 1.165) is 43.9 Å². The van der Waals surface area contributed by atoms with Crippen LogP contribution in [-0.4, -0.2) is 41.4 Å². The first-order valence-corrected chi connectivity index (χ1v) is 7.80. The molecule has 0 amide bonds. The molecule has 2 aliphatic rings. The number of rotatable bonds is 4. The zero-order valence-corrected chi connectivity index (χ0v) is 12.4. The van der Waals surface area contributed by atoms with Crippen molar-refractivity contribution in [3.8, 4) is 0 Å². The lowest BCUT2D eigenvalue weighted by atomic mass is 10.1. The molecular formula is C13H18BrN3O2. The van der Waals surface area contributed by atoms with Gasteiger partial charge < -0.3 is 9.64 Å². The van der Waals surface area contributed by atoms with E-state index in [2.05, 4.69) is 25.9 Å². The Hall–Kier alpha value is -0.880. The molecule has 1 saturated heterocycles. The van der Waals surface area contributed by atoms with Gasteiger partial charge in [0.15, 0.2) is 0 Å². The normalized spacial score (nSPS) is 21.4. The summed E-state index contributed by atoms with van der Waals surface area (Å²) in [5.41, 5.74) is 1.17. The Morgan fingerprint density at radius 2 is 2.11 bits per heavy atom. The first kappa shape index (κ1) is 13.1. The van der Waals surface area contributed by atoms with Crippen LogP contribution in [0.4, 0.5) is 5.69 Å². The second-order valence-electron chi connectivity index (χ2n) is 5.44. The van der Waals surface area contributed by atoms with Crippen molar-refractivity contribution in [2.24, 2.45) is 5.41 Å². The van der Waals surface area contributed by atoms with Crippen LogP contribution in [0.5, 0.6) is 0 Å². The SMILES string of the molecule is O=c1cc(N2CCOCC2)cnn1CC1(CBr)CC1. The molecule has 3 rings (SSSR count). The molecule has 0 radical (unpaired) electrons. The van der Waals surface area contributed by atoms with Gasteiger partial charge in [-0.25, -0.2) is 4.68 Å². The first-order chi connectivity index (χ1) is 9.22. The molecule has 104 valence electrons. The van der Waals surface area contributed by atoms with Crippen molar-refractivity contribution < 1.29 is 4.74 Å². The van der Waals surface area contributed by atoms with E-state index in [0.29, 0.717) is 0 Å². The van der Waals surface area contributed by atoms with Crippen LogP contribution in [0.15, 0.2) is 17.1 Å². The van der Waals surface area contributed by atoms with Gasteiger partial charge in [-0.05, 0) is 18.3 Å². The predicted molar refractivity (Wildman–Crippen MR) is 77.0 cm³/mol. The van der Waals surface area contributed by atoms with Gasteiger partial charge in [0.2, 0.25) is 0 Å². The summed E-state index contributed by atoms with van der Waals surface area (Å²) in [6, 6.07) is 1.70. The minimum Gasteiger partial charge on any atom is -0.378 e. The number of morpholine rings is 1. The molecule has 2 fully saturated rings. The van der Waals surface area contributed by atoms with Gasteiger partial charge in [0, 0.05) is 24.5 Å². The van der Waals surface area contributed by atoms with Crippen LogP contribution in [0.25, 0.3) is 0 Å². The fraction of sp³-hybridized carbons (Fsp3) is 0.692. The number of hydrogen-bond donors (Lipinski definition) is 0. The molecule has 1 aromatic rings. The molecule has 5 nitrogen and oxygen atoms in total. The zero-order chi connectivity index (χ0) is 13.3. The molecule has 0 N–H and O–H groups in total. The summed E-state index contributed by atoms with van der Waals surface area (Å²) in [6.45, 7) is 3.82. The van der Waals surface area contributed by atoms with Gasteiger partial charge in [-0.15, -0.1) is 0 Å². The van der Waals surface area contributed by atoms with Gasteiger partial charge in [0.05, 0.1) is 31.6 Å². The van der Waals surface area contributed by atoms with Crippen molar-refractivity contribution in [3.63, 3.8) is 0 Å². The summed E-state index contributed by atoms with van der Waals surface area (Å²) in [5.74, 6) is 0. The summed E-state index contributed by atoms with van der Waals surface area (Å²) in [4.78, 5) is 14.3. The molecule has 1 saturated carbocycles. The lowest BCUT2D eigenvalue weighted by Crippen LogP contribution is -2.37. The summed E-state index contributed by atoms with van der Waals surface area (Å²) in [7, 11) is 0. The average Bonchev–Trinajstić information content (AvgIpc) is 3.22. The Morgan fingerprint density at radius 1 is 1.37 bits per heavy atom. The van der Waals surface area contributed by atoms with Gasteiger partial charge in [-0.3, -0.25) is 4.79 Å². The van der Waals surface area contributed by atoms with Crippen LogP contribution in [0.3, 0.4) is 0 Å². The van der Waals surface area contributed by atoms with Gasteiger partial charge in [0.25, 0.3) is 5.56 Å². The molecule has 19 heavy (non-hydrogen) atoms. The number of ether oxygens (including phenoxy) is 1. The van der Waals surface area contributed by atoms with Crippen molar-refractivity contribution in [1.29, 1.82) is 0 Å². The highest BCUT2D eigenvalue weighted by molar-refractivity contribution is 9.09. The highest BCUT2D eigenvalue weighted by atomic mass is 79.9. The summed E-state index contributed by atoms with van der Waals surface area (Å²) in [5, 5.41) is 5.27. The summed E-state index contributed by atoms with van der Waals surface area (Å²) >= 11 is 3.53. The third-order valence-corrected chi connectivity index (χ3v) is 5.15. The van der Waals surface area contributed by atoms with Crippen LogP contribution >= 0.6 is 15.9 Å². The highest BCUT2D eigenvalue weighted by Crippen LogP contribution is 2.48. The maximum atomic E-state index is 12.1. The Balaban J connectivity index is 1.76. The molecule has 0 bridgehead atoms. The van der Waals surface area contributed by atoms with Crippen LogP contribution < -0.4 is 10.5 Å². The Morgan fingerprint density at radius 3 is 2.68 bits per heavy atom. The maximum Gasteiger partial charge on any atom is 0.268 e. The smallest absolute Gasteiger partial charge is 0.268 e. The van der Waals surface area contributed by atoms with Crippen molar-refractivity contribution >= 4 is 21.6 Å². The number of anilines is 1. The second-order valence-corrected chi connectivity index (χ2v) is 6.00. The van der Waals surface area contributed by atoms with E-state index in [1.54, 1.807) is 16.9 Å². The molecule has 0 aromatic carbocycles. The van der Waals surface area contributed by atoms with Crippen LogP contribution in [0, 0.1) is 5.41 Å². The highest BCUT2D eigenvalue weighted by Gasteiger charge is 2.42. The molecule has 1 aliphatic carbocycles. The Labute approximate surface area is 120 Å². The largest absolute Gasteiger partial charge is 0.378 e. The van der Waals surface area contributed by atoms with Crippen LogP contribution in [0.1, 0.15) is 12.8 Å². The summed E-state index contributed by atoms with van der Waals surface area (Å²) < 4.78 is 6.91. The number of aromatic nitrogens is 2. The lowest BCUT2D eigenvalue weighted by Gasteiger charge is -2.28. The average molecular weight is 328 g/mol. The molecule has 1 aromatic heterocycles. The van der Waals surface area contributed by atoms with E-state index in [-0.39, 0.29) is 11.0 Å². The Bertz CT molecular complexity index is 507. The number of halogens is 1. The predicted octanol–water partition coefficient (Wildman–Crippen LogP) is 1.25. The van der Waals surface area contributed by atoms with Gasteiger partial charge in [-0.1, -0.05) is 15.9 Å². The lowest BCUT2D eigenvalue weighted by molar-refractivity contribution is 0.122. The fourth-order valence-electron chi connectivity index (χ4n) is 2.37. The summed E-state index contributed by atoms with van der Waals surface area (Å²) in [6.07, 6.45) is 4.16. The van der Waals surface area contributed by atoms with Gasteiger partial charge in [-0.2, -0.15) is 5.10 Å². The molecule has 0 spiro atoms. The van der Waals surface area contributed by atoms with E-state index in [4.69, 9.17) is 4.74 Å². The number of hydrogen-bond acceptors (Lipinski definition) is 4. The topological polar surface area (TPSA) is 47.4 Å². The Kier molecular flexibility index (Phi) is 3.62. The standard InChI is InChI=1S/C13H18BrN3O2/c14-9-13(1-2-13)10-17-12(18)7-11(8-15-17)16-3-5-19-6-4-16/h7-8H,1-6,9-10H2. The third-order valence-electron chi connectivity index (χ3n) is 3.96. The van der Waals surface area contributed by atoms with Gasteiger partial charge >= 0.3 is 0 Å². The van der Waals surface area contributed by atoms with E-state index >= 15 is 0 Å². The van der Waals surface area contributed by atoms with Crippen molar-refractivity contribution in [2.75, 3.05) is 36.5 Å². The minimum atomic E-state index is -0.00350. The molecule has 2 heterocycles. The second kappa shape index (κ2) is 5.25. The van der Waals surface area contributed by atoms with E-state index in [1.807, 2.05) is 0 Å².